The van der Waals surface area contributed by atoms with Crippen LogP contribution in [0.2, 0.25) is 0 Å². The molecule has 2 heterocycles. The smallest absolute Gasteiger partial charge is 0.208 e. The first-order chi connectivity index (χ1) is 14.1. The van der Waals surface area contributed by atoms with Crippen LogP contribution in [0.5, 0.6) is 5.75 Å². The highest BCUT2D eigenvalue weighted by molar-refractivity contribution is 5.79. The van der Waals surface area contributed by atoms with Gasteiger partial charge >= 0.3 is 0 Å². The maximum Gasteiger partial charge on any atom is 0.208 e. The van der Waals surface area contributed by atoms with Gasteiger partial charge in [-0.25, -0.2) is 4.98 Å². The molecule has 7 heteroatoms. The minimum absolute atomic E-state index is 0.643. The van der Waals surface area contributed by atoms with Gasteiger partial charge in [-0.15, -0.1) is 0 Å². The summed E-state index contributed by atoms with van der Waals surface area (Å²) in [6.45, 7) is 8.51. The summed E-state index contributed by atoms with van der Waals surface area (Å²) in [6, 6.07) is 8.03. The molecular formula is C22H33N5O2. The third kappa shape index (κ3) is 5.97. The maximum absolute atomic E-state index is 5.72. The van der Waals surface area contributed by atoms with E-state index in [4.69, 9.17) is 9.15 Å². The molecule has 1 aliphatic heterocycles. The Hall–Kier alpha value is -2.54. The number of aliphatic imine (C=N–C) groups is 1. The summed E-state index contributed by atoms with van der Waals surface area (Å²) in [6.07, 6.45) is 2.32. The van der Waals surface area contributed by atoms with Gasteiger partial charge in [-0.3, -0.25) is 9.89 Å². The third-order valence-corrected chi connectivity index (χ3v) is 5.56. The molecule has 7 nitrogen and oxygen atoms in total. The van der Waals surface area contributed by atoms with Crippen LogP contribution in [0.15, 0.2) is 33.7 Å². The first-order valence-electron chi connectivity index (χ1n) is 10.3. The topological polar surface area (TPSA) is 74.9 Å². The van der Waals surface area contributed by atoms with Crippen molar-refractivity contribution in [2.75, 3.05) is 33.8 Å². The Bertz CT molecular complexity index is 790. The number of nitrogens with one attached hydrogen (secondary N) is 2. The summed E-state index contributed by atoms with van der Waals surface area (Å²) in [5.74, 6) is 4.11. The lowest BCUT2D eigenvalue weighted by atomic mass is 9.97. The molecule has 1 saturated heterocycles. The number of nitrogens with zero attached hydrogens (tertiary/aromatic N) is 3. The van der Waals surface area contributed by atoms with Crippen LogP contribution in [0.1, 0.15) is 35.7 Å². The van der Waals surface area contributed by atoms with Crippen LogP contribution in [0.4, 0.5) is 0 Å². The minimum Gasteiger partial charge on any atom is -0.496 e. The van der Waals surface area contributed by atoms with E-state index in [0.29, 0.717) is 12.5 Å². The normalized spacial score (nSPS) is 16.1. The van der Waals surface area contributed by atoms with Gasteiger partial charge in [0, 0.05) is 25.7 Å². The molecule has 0 bridgehead atoms. The van der Waals surface area contributed by atoms with Gasteiger partial charge < -0.3 is 19.8 Å². The van der Waals surface area contributed by atoms with Crippen molar-refractivity contribution < 1.29 is 9.15 Å². The number of rotatable bonds is 7. The van der Waals surface area contributed by atoms with Crippen LogP contribution in [0.3, 0.4) is 0 Å². The predicted molar refractivity (Wildman–Crippen MR) is 115 cm³/mol. The zero-order chi connectivity index (χ0) is 20.6. The van der Waals surface area contributed by atoms with Gasteiger partial charge in [-0.2, -0.15) is 0 Å². The number of guanidine groups is 1. The first kappa shape index (κ1) is 21.2. The quantitative estimate of drug-likeness (QED) is 0.551. The summed E-state index contributed by atoms with van der Waals surface area (Å²) in [4.78, 5) is 11.3. The van der Waals surface area contributed by atoms with Crippen molar-refractivity contribution in [1.82, 2.24) is 20.5 Å². The minimum atomic E-state index is 0.643. The predicted octanol–water partition coefficient (Wildman–Crippen LogP) is 2.88. The zero-order valence-corrected chi connectivity index (χ0v) is 18.0. The fraction of sp³-hybridized carbons (Fsp3) is 0.545. The van der Waals surface area contributed by atoms with Crippen molar-refractivity contribution in [2.45, 2.75) is 39.8 Å². The fourth-order valence-corrected chi connectivity index (χ4v) is 3.64. The zero-order valence-electron chi connectivity index (χ0n) is 18.0. The molecule has 1 aromatic carbocycles. The van der Waals surface area contributed by atoms with Crippen molar-refractivity contribution in [3.05, 3.63) is 47.2 Å². The van der Waals surface area contributed by atoms with Gasteiger partial charge in [-0.05, 0) is 51.8 Å². The molecule has 1 fully saturated rings. The Balaban J connectivity index is 1.39. The molecule has 0 radical (unpaired) electrons. The molecule has 0 aliphatic carbocycles. The highest BCUT2D eigenvalue weighted by atomic mass is 16.5. The van der Waals surface area contributed by atoms with E-state index >= 15 is 0 Å². The van der Waals surface area contributed by atoms with E-state index < -0.39 is 0 Å². The summed E-state index contributed by atoms with van der Waals surface area (Å²) >= 11 is 0. The maximum atomic E-state index is 5.72. The Kier molecular flexibility index (Phi) is 7.52. The average molecular weight is 400 g/mol. The Morgan fingerprint density at radius 2 is 2.00 bits per heavy atom. The molecule has 3 rings (SSSR count). The number of likely N-dealkylation sites (tertiary alicyclic amines) is 1. The highest BCUT2D eigenvalue weighted by Gasteiger charge is 2.21. The number of oxazole rings is 1. The second-order valence-electron chi connectivity index (χ2n) is 7.59. The molecule has 2 N–H and O–H groups in total. The molecule has 1 aromatic heterocycles. The first-order valence-corrected chi connectivity index (χ1v) is 10.3. The van der Waals surface area contributed by atoms with Gasteiger partial charge in [0.05, 0.1) is 19.3 Å². The van der Waals surface area contributed by atoms with Crippen molar-refractivity contribution in [3.63, 3.8) is 0 Å². The Morgan fingerprint density at radius 3 is 2.66 bits per heavy atom. The van der Waals surface area contributed by atoms with Gasteiger partial charge in [0.1, 0.15) is 11.5 Å². The van der Waals surface area contributed by atoms with Crippen LogP contribution in [0.25, 0.3) is 0 Å². The van der Waals surface area contributed by atoms with E-state index in [2.05, 4.69) is 31.6 Å². The molecule has 2 aromatic rings. The standard InChI is InChI=1S/C22H33N5O2/c1-16-17(2)29-21(26-16)15-27-11-9-18(10-12-27)13-24-22(23-3)25-14-19-7-5-6-8-20(19)28-4/h5-8,18H,9-15H2,1-4H3,(H2,23,24,25). The van der Waals surface area contributed by atoms with Gasteiger partial charge in [-0.1, -0.05) is 18.2 Å². The van der Waals surface area contributed by atoms with Crippen molar-refractivity contribution >= 4 is 5.96 Å². The second kappa shape index (κ2) is 10.3. The van der Waals surface area contributed by atoms with Crippen LogP contribution in [0, 0.1) is 19.8 Å². The SMILES string of the molecule is CN=C(NCc1ccccc1OC)NCC1CCN(Cc2nc(C)c(C)o2)CC1. The van der Waals surface area contributed by atoms with E-state index in [1.165, 1.54) is 0 Å². The molecule has 1 aliphatic rings. The van der Waals surface area contributed by atoms with E-state index in [0.717, 1.165) is 73.6 Å². The molecule has 158 valence electrons. The summed E-state index contributed by atoms with van der Waals surface area (Å²) < 4.78 is 11.1. The van der Waals surface area contributed by atoms with Gasteiger partial charge in [0.25, 0.3) is 0 Å². The number of piperidine rings is 1. The Morgan fingerprint density at radius 1 is 1.24 bits per heavy atom. The van der Waals surface area contributed by atoms with Crippen LogP contribution < -0.4 is 15.4 Å². The molecule has 0 atom stereocenters. The molecular weight excluding hydrogens is 366 g/mol. The lowest BCUT2D eigenvalue weighted by molar-refractivity contribution is 0.164. The molecule has 0 saturated carbocycles. The molecule has 29 heavy (non-hydrogen) atoms. The number of hydrogen-bond donors (Lipinski definition) is 2. The largest absolute Gasteiger partial charge is 0.496 e. The van der Waals surface area contributed by atoms with E-state index in [1.54, 1.807) is 14.2 Å². The third-order valence-electron chi connectivity index (χ3n) is 5.56. The number of para-hydroxylation sites is 1. The highest BCUT2D eigenvalue weighted by Crippen LogP contribution is 2.19. The molecule has 0 unspecified atom stereocenters. The van der Waals surface area contributed by atoms with Crippen LogP contribution in [-0.4, -0.2) is 49.6 Å². The lowest BCUT2D eigenvalue weighted by Gasteiger charge is -2.31. The molecule has 0 amide bonds. The second-order valence-corrected chi connectivity index (χ2v) is 7.59. The van der Waals surface area contributed by atoms with Gasteiger partial charge in [0.2, 0.25) is 5.89 Å². The van der Waals surface area contributed by atoms with Gasteiger partial charge in [0.15, 0.2) is 5.96 Å². The Labute approximate surface area is 173 Å². The van der Waals surface area contributed by atoms with E-state index in [-0.39, 0.29) is 0 Å². The number of benzene rings is 1. The number of methoxy groups -OCH3 is 1. The summed E-state index contributed by atoms with van der Waals surface area (Å²) in [7, 11) is 3.50. The summed E-state index contributed by atoms with van der Waals surface area (Å²) in [5.41, 5.74) is 2.11. The monoisotopic (exact) mass is 399 g/mol. The average Bonchev–Trinajstić information content (AvgIpc) is 3.06. The van der Waals surface area contributed by atoms with Crippen molar-refractivity contribution in [3.8, 4) is 5.75 Å². The number of aromatic nitrogens is 1. The number of hydrogen-bond acceptors (Lipinski definition) is 5. The van der Waals surface area contributed by atoms with Crippen LogP contribution >= 0.6 is 0 Å². The number of ether oxygens (including phenoxy) is 1. The number of aryl methyl sites for hydroxylation is 2. The van der Waals surface area contributed by atoms with E-state index in [9.17, 15) is 0 Å². The molecule has 0 spiro atoms. The summed E-state index contributed by atoms with van der Waals surface area (Å²) in [5, 5.41) is 6.85. The van der Waals surface area contributed by atoms with Crippen molar-refractivity contribution in [1.29, 1.82) is 0 Å². The fourth-order valence-electron chi connectivity index (χ4n) is 3.64. The van der Waals surface area contributed by atoms with E-state index in [1.807, 2.05) is 32.0 Å². The van der Waals surface area contributed by atoms with Crippen molar-refractivity contribution in [2.24, 2.45) is 10.9 Å². The van der Waals surface area contributed by atoms with Crippen LogP contribution in [-0.2, 0) is 13.1 Å². The lowest BCUT2D eigenvalue weighted by Crippen LogP contribution is -2.42.